The summed E-state index contributed by atoms with van der Waals surface area (Å²) in [4.78, 5) is 0. The van der Waals surface area contributed by atoms with Gasteiger partial charge in [0.15, 0.2) is 0 Å². The van der Waals surface area contributed by atoms with Gasteiger partial charge in [0.25, 0.3) is 0 Å². The number of benzene rings is 8. The molecule has 0 heterocycles. The van der Waals surface area contributed by atoms with Gasteiger partial charge in [-0.1, -0.05) is 142 Å². The van der Waals surface area contributed by atoms with E-state index in [2.05, 4.69) is 147 Å². The van der Waals surface area contributed by atoms with E-state index in [1.54, 1.807) is 12.1 Å². The summed E-state index contributed by atoms with van der Waals surface area (Å²) in [7, 11) is 0. The zero-order valence-corrected chi connectivity index (χ0v) is 27.4. The largest absolute Gasteiger partial charge is 0.573 e. The van der Waals surface area contributed by atoms with Crippen LogP contribution in [-0.4, -0.2) is 6.36 Å². The lowest BCUT2D eigenvalue weighted by molar-refractivity contribution is -0.274. The van der Waals surface area contributed by atoms with E-state index >= 15 is 0 Å². The van der Waals surface area contributed by atoms with Crippen LogP contribution >= 0.6 is 0 Å². The van der Waals surface area contributed by atoms with E-state index < -0.39 is 6.36 Å². The molecule has 0 fully saturated rings. The van der Waals surface area contributed by atoms with Crippen LogP contribution in [0, 0.1) is 0 Å². The van der Waals surface area contributed by atoms with Gasteiger partial charge in [0.2, 0.25) is 0 Å². The standard InChI is InChI=1S/C45H33F3O/c1-44(2,3)32-21-16-29(17-22-32)42-37-14-8-9-15-38(37)43(40-27-31-10-4-5-11-34(31)35-12-6-7-13-36(35)40)39-25-20-30(26-41(39)42)28-18-23-33(24-19-28)49-45(46,47)48/h4-27H,1-3H3. The molecule has 0 unspecified atom stereocenters. The van der Waals surface area contributed by atoms with Crippen molar-refractivity contribution in [2.45, 2.75) is 32.5 Å². The van der Waals surface area contributed by atoms with E-state index in [1.807, 2.05) is 0 Å². The van der Waals surface area contributed by atoms with Gasteiger partial charge in [0.1, 0.15) is 5.75 Å². The predicted octanol–water partition coefficient (Wildman–Crippen LogP) is 13.5. The topological polar surface area (TPSA) is 9.23 Å². The van der Waals surface area contributed by atoms with Crippen molar-refractivity contribution < 1.29 is 17.9 Å². The number of ether oxygens (including phenoxy) is 1. The summed E-state index contributed by atoms with van der Waals surface area (Å²) in [5, 5.41) is 9.24. The molecular formula is C45H33F3O. The Hall–Kier alpha value is -5.61. The maximum absolute atomic E-state index is 12.9. The lowest BCUT2D eigenvalue weighted by Crippen LogP contribution is -2.16. The highest BCUT2D eigenvalue weighted by Gasteiger charge is 2.31. The van der Waals surface area contributed by atoms with Gasteiger partial charge in [-0.2, -0.15) is 0 Å². The predicted molar refractivity (Wildman–Crippen MR) is 198 cm³/mol. The monoisotopic (exact) mass is 646 g/mol. The first-order valence-electron chi connectivity index (χ1n) is 16.4. The third-order valence-electron chi connectivity index (χ3n) is 9.52. The van der Waals surface area contributed by atoms with Gasteiger partial charge in [-0.15, -0.1) is 13.2 Å². The normalized spacial score (nSPS) is 12.3. The highest BCUT2D eigenvalue weighted by atomic mass is 19.4. The van der Waals surface area contributed by atoms with Crippen molar-refractivity contribution in [2.75, 3.05) is 0 Å². The average molecular weight is 647 g/mol. The highest BCUT2D eigenvalue weighted by molar-refractivity contribution is 6.26. The van der Waals surface area contributed by atoms with Crippen molar-refractivity contribution in [3.8, 4) is 39.1 Å². The minimum absolute atomic E-state index is 0.0127. The first kappa shape index (κ1) is 30.7. The van der Waals surface area contributed by atoms with Gasteiger partial charge >= 0.3 is 6.36 Å². The molecule has 0 aliphatic rings. The molecule has 8 aromatic carbocycles. The molecule has 0 aliphatic heterocycles. The minimum Gasteiger partial charge on any atom is -0.406 e. The molecule has 0 atom stereocenters. The van der Waals surface area contributed by atoms with Gasteiger partial charge in [-0.05, 0) is 112 Å². The molecule has 0 saturated heterocycles. The number of fused-ring (bicyclic) bond motifs is 5. The molecule has 0 amide bonds. The third-order valence-corrected chi connectivity index (χ3v) is 9.52. The fraction of sp³-hybridized carbons (Fsp3) is 0.111. The number of rotatable bonds is 4. The fourth-order valence-corrected chi connectivity index (χ4v) is 7.21. The van der Waals surface area contributed by atoms with Crippen LogP contribution in [0.1, 0.15) is 26.3 Å². The Kier molecular flexibility index (Phi) is 7.22. The third kappa shape index (κ3) is 5.57. The van der Waals surface area contributed by atoms with Crippen LogP contribution in [-0.2, 0) is 5.41 Å². The molecule has 0 N–H and O–H groups in total. The molecule has 0 aromatic heterocycles. The SMILES string of the molecule is CC(C)(C)c1ccc(-c2c3ccccc3c(-c3cc4ccccc4c4ccccc34)c3ccc(-c4ccc(OC(F)(F)F)cc4)cc23)cc1. The van der Waals surface area contributed by atoms with Crippen LogP contribution in [0.4, 0.5) is 13.2 Å². The van der Waals surface area contributed by atoms with Gasteiger partial charge in [-0.3, -0.25) is 0 Å². The van der Waals surface area contributed by atoms with E-state index in [1.165, 1.54) is 39.2 Å². The van der Waals surface area contributed by atoms with Crippen LogP contribution in [0.5, 0.6) is 5.75 Å². The summed E-state index contributed by atoms with van der Waals surface area (Å²) in [5.41, 5.74) is 7.52. The second-order valence-corrected chi connectivity index (χ2v) is 13.6. The van der Waals surface area contributed by atoms with E-state index in [0.717, 1.165) is 54.9 Å². The first-order valence-corrected chi connectivity index (χ1v) is 16.4. The molecule has 4 heteroatoms. The molecule has 0 spiro atoms. The Morgan fingerprint density at radius 1 is 0.429 bits per heavy atom. The molecule has 1 nitrogen and oxygen atoms in total. The Labute approximate surface area is 283 Å². The van der Waals surface area contributed by atoms with Gasteiger partial charge < -0.3 is 4.74 Å². The number of hydrogen-bond acceptors (Lipinski definition) is 1. The minimum atomic E-state index is -4.74. The van der Waals surface area contributed by atoms with Crippen LogP contribution in [0.25, 0.3) is 76.5 Å². The molecule has 0 radical (unpaired) electrons. The van der Waals surface area contributed by atoms with Crippen molar-refractivity contribution in [2.24, 2.45) is 0 Å². The van der Waals surface area contributed by atoms with Crippen molar-refractivity contribution in [3.05, 3.63) is 151 Å². The van der Waals surface area contributed by atoms with Crippen molar-refractivity contribution in [1.82, 2.24) is 0 Å². The van der Waals surface area contributed by atoms with Gasteiger partial charge in [0, 0.05) is 0 Å². The Morgan fingerprint density at radius 3 is 1.61 bits per heavy atom. The molecule has 8 rings (SSSR count). The van der Waals surface area contributed by atoms with Crippen molar-refractivity contribution >= 4 is 43.1 Å². The maximum atomic E-state index is 12.9. The molecule has 8 aromatic rings. The molecular weight excluding hydrogens is 613 g/mol. The van der Waals surface area contributed by atoms with E-state index in [-0.39, 0.29) is 11.2 Å². The van der Waals surface area contributed by atoms with E-state index in [9.17, 15) is 13.2 Å². The van der Waals surface area contributed by atoms with Crippen LogP contribution < -0.4 is 4.74 Å². The molecule has 0 saturated carbocycles. The zero-order valence-electron chi connectivity index (χ0n) is 27.4. The second kappa shape index (κ2) is 11.5. The zero-order chi connectivity index (χ0) is 33.9. The smallest absolute Gasteiger partial charge is 0.406 e. The lowest BCUT2D eigenvalue weighted by Gasteiger charge is -2.22. The Morgan fingerprint density at radius 2 is 0.959 bits per heavy atom. The summed E-state index contributed by atoms with van der Waals surface area (Å²) in [6, 6.07) is 49.4. The molecule has 0 aliphatic carbocycles. The van der Waals surface area contributed by atoms with Crippen LogP contribution in [0.3, 0.4) is 0 Å². The van der Waals surface area contributed by atoms with E-state index in [0.29, 0.717) is 0 Å². The summed E-state index contributed by atoms with van der Waals surface area (Å²) >= 11 is 0. The quantitative estimate of drug-likeness (QED) is 0.137. The second-order valence-electron chi connectivity index (χ2n) is 13.6. The molecule has 240 valence electrons. The maximum Gasteiger partial charge on any atom is 0.573 e. The summed E-state index contributed by atoms with van der Waals surface area (Å²) in [6.07, 6.45) is -4.74. The fourth-order valence-electron chi connectivity index (χ4n) is 7.21. The van der Waals surface area contributed by atoms with Crippen LogP contribution in [0.15, 0.2) is 146 Å². The number of alkyl halides is 3. The molecule has 0 bridgehead atoms. The molecule has 49 heavy (non-hydrogen) atoms. The van der Waals surface area contributed by atoms with E-state index in [4.69, 9.17) is 0 Å². The highest BCUT2D eigenvalue weighted by Crippen LogP contribution is 2.47. The number of hydrogen-bond donors (Lipinski definition) is 0. The Balaban J connectivity index is 1.45. The number of halogens is 3. The Bertz CT molecular complexity index is 2520. The lowest BCUT2D eigenvalue weighted by atomic mass is 9.82. The van der Waals surface area contributed by atoms with Crippen molar-refractivity contribution in [3.63, 3.8) is 0 Å². The van der Waals surface area contributed by atoms with Gasteiger partial charge in [-0.25, -0.2) is 0 Å². The summed E-state index contributed by atoms with van der Waals surface area (Å²) in [6.45, 7) is 6.65. The van der Waals surface area contributed by atoms with Crippen molar-refractivity contribution in [1.29, 1.82) is 0 Å². The van der Waals surface area contributed by atoms with Gasteiger partial charge in [0.05, 0.1) is 0 Å². The average Bonchev–Trinajstić information content (AvgIpc) is 3.09. The van der Waals surface area contributed by atoms with Crippen LogP contribution in [0.2, 0.25) is 0 Å². The summed E-state index contributed by atoms with van der Waals surface area (Å²) < 4.78 is 42.9. The first-order chi connectivity index (χ1) is 23.5. The summed E-state index contributed by atoms with van der Waals surface area (Å²) in [5.74, 6) is -0.242.